The molecule has 0 atom stereocenters. The van der Waals surface area contributed by atoms with E-state index < -0.39 is 0 Å². The highest BCUT2D eigenvalue weighted by Crippen LogP contribution is 2.19. The Morgan fingerprint density at radius 2 is 2.07 bits per heavy atom. The zero-order chi connectivity index (χ0) is 10.4. The Morgan fingerprint density at radius 1 is 1.29 bits per heavy atom. The van der Waals surface area contributed by atoms with Gasteiger partial charge in [0.2, 0.25) is 0 Å². The van der Waals surface area contributed by atoms with Crippen molar-refractivity contribution in [1.82, 2.24) is 0 Å². The fourth-order valence-corrected chi connectivity index (χ4v) is 1.44. The highest BCUT2D eigenvalue weighted by molar-refractivity contribution is 5.36. The summed E-state index contributed by atoms with van der Waals surface area (Å²) in [6.45, 7) is 5.85. The molecule has 0 saturated carbocycles. The molecule has 0 heterocycles. The Morgan fingerprint density at radius 3 is 2.64 bits per heavy atom. The molecule has 0 fully saturated rings. The first-order chi connectivity index (χ1) is 6.80. The number of benzene rings is 1. The van der Waals surface area contributed by atoms with E-state index in [2.05, 4.69) is 6.92 Å². The Bertz CT molecular complexity index is 257. The van der Waals surface area contributed by atoms with Crippen LogP contribution in [0.5, 0.6) is 5.75 Å². The van der Waals surface area contributed by atoms with Crippen molar-refractivity contribution in [2.24, 2.45) is 0 Å². The van der Waals surface area contributed by atoms with Crippen LogP contribution < -0.4 is 4.74 Å². The van der Waals surface area contributed by atoms with Crippen LogP contribution in [0.25, 0.3) is 0 Å². The normalized spacial score (nSPS) is 10.2. The number of hydrogen-bond acceptors (Lipinski definition) is 2. The maximum atomic E-state index is 8.94. The van der Waals surface area contributed by atoms with Gasteiger partial charge in [-0.15, -0.1) is 0 Å². The smallest absolute Gasteiger partial charge is 0.119 e. The van der Waals surface area contributed by atoms with Gasteiger partial charge < -0.3 is 9.84 Å². The third-order valence-corrected chi connectivity index (χ3v) is 1.99. The first-order valence-corrected chi connectivity index (χ1v) is 5.04. The van der Waals surface area contributed by atoms with Gasteiger partial charge in [-0.3, -0.25) is 0 Å². The standard InChI is InChI=1S/C12H17O2/c1-3-5-10-6-11(9-13)8-12(7-10)14-4-2/h6-9,13H,3-5H2,1-2H3. The molecule has 0 amide bonds. The van der Waals surface area contributed by atoms with Gasteiger partial charge >= 0.3 is 0 Å². The third-order valence-electron chi connectivity index (χ3n) is 1.99. The first kappa shape index (κ1) is 11.1. The summed E-state index contributed by atoms with van der Waals surface area (Å²) in [5, 5.41) is 8.94. The molecule has 1 aromatic rings. The number of hydrogen-bond donors (Lipinski definition) is 1. The van der Waals surface area contributed by atoms with E-state index in [1.807, 2.05) is 25.1 Å². The molecular weight excluding hydrogens is 176 g/mol. The molecule has 0 spiro atoms. The van der Waals surface area contributed by atoms with Crippen LogP contribution in [0.1, 0.15) is 31.4 Å². The molecule has 0 unspecified atom stereocenters. The maximum Gasteiger partial charge on any atom is 0.119 e. The summed E-state index contributed by atoms with van der Waals surface area (Å²) in [6.07, 6.45) is 2.11. The monoisotopic (exact) mass is 193 g/mol. The van der Waals surface area contributed by atoms with Crippen molar-refractivity contribution in [3.8, 4) is 5.75 Å². The second-order valence-electron chi connectivity index (χ2n) is 3.22. The van der Waals surface area contributed by atoms with E-state index in [1.165, 1.54) is 5.56 Å². The van der Waals surface area contributed by atoms with Crippen LogP contribution >= 0.6 is 0 Å². The highest BCUT2D eigenvalue weighted by atomic mass is 16.5. The Labute approximate surface area is 85.5 Å². The molecule has 0 aliphatic rings. The molecule has 0 bridgehead atoms. The van der Waals surface area contributed by atoms with Crippen LogP contribution in [0.15, 0.2) is 18.2 Å². The van der Waals surface area contributed by atoms with Gasteiger partial charge in [-0.2, -0.15) is 0 Å². The average Bonchev–Trinajstić information content (AvgIpc) is 2.18. The lowest BCUT2D eigenvalue weighted by molar-refractivity contribution is 0.338. The molecule has 1 aromatic carbocycles. The summed E-state index contributed by atoms with van der Waals surface area (Å²) in [7, 11) is 0. The second kappa shape index (κ2) is 5.66. The molecule has 0 aromatic heterocycles. The minimum absolute atomic E-state index is 0.653. The van der Waals surface area contributed by atoms with Crippen molar-refractivity contribution in [3.63, 3.8) is 0 Å². The summed E-state index contributed by atoms with van der Waals surface area (Å²) in [5.74, 6) is 0.832. The molecule has 2 nitrogen and oxygen atoms in total. The van der Waals surface area contributed by atoms with Crippen LogP contribution in [-0.4, -0.2) is 11.7 Å². The number of rotatable bonds is 5. The molecule has 0 saturated heterocycles. The van der Waals surface area contributed by atoms with Crippen molar-refractivity contribution >= 4 is 0 Å². The second-order valence-corrected chi connectivity index (χ2v) is 3.22. The van der Waals surface area contributed by atoms with Crippen molar-refractivity contribution < 1.29 is 9.84 Å². The molecular formula is C12H17O2. The lowest BCUT2D eigenvalue weighted by Gasteiger charge is -2.08. The molecule has 2 heteroatoms. The van der Waals surface area contributed by atoms with Gasteiger partial charge in [-0.25, -0.2) is 0 Å². The predicted octanol–water partition coefficient (Wildman–Crippen LogP) is 2.92. The summed E-state index contributed by atoms with van der Waals surface area (Å²) in [5.41, 5.74) is 2.01. The Balaban J connectivity index is 2.88. The van der Waals surface area contributed by atoms with Gasteiger partial charge in [0.25, 0.3) is 0 Å². The summed E-state index contributed by atoms with van der Waals surface area (Å²) < 4.78 is 5.40. The van der Waals surface area contributed by atoms with Crippen LogP contribution in [0.3, 0.4) is 0 Å². The summed E-state index contributed by atoms with van der Waals surface area (Å²) in [4.78, 5) is 0. The zero-order valence-electron chi connectivity index (χ0n) is 8.79. The van der Waals surface area contributed by atoms with E-state index in [9.17, 15) is 0 Å². The lowest BCUT2D eigenvalue weighted by Crippen LogP contribution is -1.95. The molecule has 77 valence electrons. The van der Waals surface area contributed by atoms with E-state index in [0.717, 1.165) is 30.8 Å². The SMILES string of the molecule is CCCc1cc([CH]O)cc(OCC)c1. The number of aliphatic hydroxyl groups excluding tert-OH is 1. The summed E-state index contributed by atoms with van der Waals surface area (Å²) in [6, 6.07) is 5.84. The van der Waals surface area contributed by atoms with Gasteiger partial charge in [-0.05, 0) is 36.6 Å². The number of aliphatic hydroxyl groups is 1. The van der Waals surface area contributed by atoms with E-state index in [4.69, 9.17) is 9.84 Å². The van der Waals surface area contributed by atoms with Crippen molar-refractivity contribution in [3.05, 3.63) is 35.9 Å². The molecule has 14 heavy (non-hydrogen) atoms. The summed E-state index contributed by atoms with van der Waals surface area (Å²) >= 11 is 0. The molecule has 0 aliphatic carbocycles. The average molecular weight is 193 g/mol. The van der Waals surface area contributed by atoms with Gasteiger partial charge in [0.15, 0.2) is 0 Å². The van der Waals surface area contributed by atoms with Crippen molar-refractivity contribution in [1.29, 1.82) is 0 Å². The van der Waals surface area contributed by atoms with Crippen molar-refractivity contribution in [2.45, 2.75) is 26.7 Å². The van der Waals surface area contributed by atoms with Crippen LogP contribution in [-0.2, 0) is 6.42 Å². The van der Waals surface area contributed by atoms with Gasteiger partial charge in [-0.1, -0.05) is 19.4 Å². The quantitative estimate of drug-likeness (QED) is 0.779. The maximum absolute atomic E-state index is 8.94. The molecule has 1 N–H and O–H groups in total. The van der Waals surface area contributed by atoms with Crippen LogP contribution in [0.2, 0.25) is 0 Å². The zero-order valence-corrected chi connectivity index (χ0v) is 8.79. The van der Waals surface area contributed by atoms with Crippen LogP contribution in [0.4, 0.5) is 0 Å². The Kier molecular flexibility index (Phi) is 4.47. The van der Waals surface area contributed by atoms with E-state index in [-0.39, 0.29) is 0 Å². The molecule has 1 rings (SSSR count). The first-order valence-electron chi connectivity index (χ1n) is 5.04. The fraction of sp³-hybridized carbons (Fsp3) is 0.417. The molecule has 1 radical (unpaired) electrons. The lowest BCUT2D eigenvalue weighted by atomic mass is 10.1. The number of aryl methyl sites for hydroxylation is 1. The minimum Gasteiger partial charge on any atom is -0.494 e. The highest BCUT2D eigenvalue weighted by Gasteiger charge is 2.00. The van der Waals surface area contributed by atoms with Gasteiger partial charge in [0.05, 0.1) is 6.61 Å². The van der Waals surface area contributed by atoms with E-state index >= 15 is 0 Å². The van der Waals surface area contributed by atoms with Gasteiger partial charge in [0, 0.05) is 0 Å². The largest absolute Gasteiger partial charge is 0.494 e. The topological polar surface area (TPSA) is 29.5 Å². The van der Waals surface area contributed by atoms with E-state index in [0.29, 0.717) is 6.61 Å². The minimum atomic E-state index is 0.653. The van der Waals surface area contributed by atoms with Gasteiger partial charge in [0.1, 0.15) is 12.4 Å². The Hall–Kier alpha value is -1.02. The van der Waals surface area contributed by atoms with E-state index in [1.54, 1.807) is 0 Å². The third kappa shape index (κ3) is 3.04. The van der Waals surface area contributed by atoms with Crippen LogP contribution in [0, 0.1) is 6.61 Å². The number of ether oxygens (including phenoxy) is 1. The van der Waals surface area contributed by atoms with Crippen molar-refractivity contribution in [2.75, 3.05) is 6.61 Å². The fourth-order valence-electron chi connectivity index (χ4n) is 1.44. The predicted molar refractivity (Wildman–Crippen MR) is 56.9 cm³/mol. The molecule has 0 aliphatic heterocycles.